The molecule has 0 atom stereocenters. The van der Waals surface area contributed by atoms with Crippen LogP contribution in [0.3, 0.4) is 0 Å². The second-order valence-corrected chi connectivity index (χ2v) is 5.93. The number of carbonyl (C=O) groups excluding carboxylic acids is 2. The zero-order valence-corrected chi connectivity index (χ0v) is 14.7. The maximum atomic E-state index is 12.0. The minimum Gasteiger partial charge on any atom is -0.497 e. The Morgan fingerprint density at radius 1 is 1.12 bits per heavy atom. The number of esters is 1. The predicted molar refractivity (Wildman–Crippen MR) is 96.3 cm³/mol. The second kappa shape index (κ2) is 7.93. The first-order valence-electron chi connectivity index (χ1n) is 7.81. The predicted octanol–water partition coefficient (Wildman–Crippen LogP) is 3.57. The number of fused-ring (bicyclic) bond motifs is 1. The van der Waals surface area contributed by atoms with Gasteiger partial charge in [0, 0.05) is 17.0 Å². The van der Waals surface area contributed by atoms with Gasteiger partial charge in [-0.15, -0.1) is 0 Å². The van der Waals surface area contributed by atoms with Gasteiger partial charge in [0.2, 0.25) is 5.76 Å². The summed E-state index contributed by atoms with van der Waals surface area (Å²) in [5.41, 5.74) is 1.42. The summed E-state index contributed by atoms with van der Waals surface area (Å²) in [6.45, 7) is -0.0731. The third-order valence-corrected chi connectivity index (χ3v) is 3.90. The van der Waals surface area contributed by atoms with Crippen LogP contribution in [0, 0.1) is 0 Å². The summed E-state index contributed by atoms with van der Waals surface area (Å²) in [6.07, 6.45) is 0. The zero-order valence-electron chi connectivity index (χ0n) is 14.0. The van der Waals surface area contributed by atoms with Crippen LogP contribution in [0.15, 0.2) is 52.9 Å². The van der Waals surface area contributed by atoms with Gasteiger partial charge in [-0.05, 0) is 42.0 Å². The van der Waals surface area contributed by atoms with Crippen molar-refractivity contribution in [3.05, 3.63) is 64.9 Å². The Balaban J connectivity index is 1.50. The van der Waals surface area contributed by atoms with Gasteiger partial charge >= 0.3 is 5.97 Å². The SMILES string of the molecule is COc1ccc(CNC(=O)COC(=O)c2cc3cc(Cl)ccc3o2)cc1. The normalized spacial score (nSPS) is 10.5. The maximum absolute atomic E-state index is 12.0. The van der Waals surface area contributed by atoms with Crippen molar-refractivity contribution in [2.45, 2.75) is 6.54 Å². The van der Waals surface area contributed by atoms with Gasteiger partial charge in [0.05, 0.1) is 7.11 Å². The van der Waals surface area contributed by atoms with Gasteiger partial charge in [0.25, 0.3) is 5.91 Å². The van der Waals surface area contributed by atoms with E-state index in [1.165, 1.54) is 6.07 Å². The number of nitrogens with one attached hydrogen (secondary N) is 1. The Morgan fingerprint density at radius 3 is 2.62 bits per heavy atom. The van der Waals surface area contributed by atoms with Crippen LogP contribution in [-0.2, 0) is 16.1 Å². The molecule has 2 aromatic carbocycles. The van der Waals surface area contributed by atoms with E-state index < -0.39 is 18.5 Å². The first-order chi connectivity index (χ1) is 12.5. The van der Waals surface area contributed by atoms with Crippen LogP contribution in [-0.4, -0.2) is 25.6 Å². The third kappa shape index (κ3) is 4.34. The number of benzene rings is 2. The van der Waals surface area contributed by atoms with Gasteiger partial charge in [-0.3, -0.25) is 4.79 Å². The molecule has 3 rings (SSSR count). The fourth-order valence-corrected chi connectivity index (χ4v) is 2.49. The van der Waals surface area contributed by atoms with Gasteiger partial charge in [-0.2, -0.15) is 0 Å². The van der Waals surface area contributed by atoms with Crippen LogP contribution >= 0.6 is 11.6 Å². The second-order valence-electron chi connectivity index (χ2n) is 5.49. The minimum absolute atomic E-state index is 0.0187. The molecule has 3 aromatic rings. The van der Waals surface area contributed by atoms with Crippen molar-refractivity contribution in [3.63, 3.8) is 0 Å². The van der Waals surface area contributed by atoms with E-state index in [4.69, 9.17) is 25.5 Å². The molecule has 0 aliphatic carbocycles. The molecule has 1 N–H and O–H groups in total. The fourth-order valence-electron chi connectivity index (χ4n) is 2.31. The van der Waals surface area contributed by atoms with Gasteiger partial charge in [0.1, 0.15) is 11.3 Å². The number of rotatable bonds is 6. The average Bonchev–Trinajstić information content (AvgIpc) is 3.08. The molecule has 1 amide bonds. The minimum atomic E-state index is -0.711. The lowest BCUT2D eigenvalue weighted by molar-refractivity contribution is -0.124. The first kappa shape index (κ1) is 17.8. The molecule has 134 valence electrons. The molecule has 0 unspecified atom stereocenters. The number of hydrogen-bond acceptors (Lipinski definition) is 5. The van der Waals surface area contributed by atoms with E-state index in [2.05, 4.69) is 5.32 Å². The summed E-state index contributed by atoms with van der Waals surface area (Å²) < 4.78 is 15.4. The first-order valence-corrected chi connectivity index (χ1v) is 8.19. The van der Waals surface area contributed by atoms with Gasteiger partial charge in [0.15, 0.2) is 6.61 Å². The lowest BCUT2D eigenvalue weighted by Crippen LogP contribution is -2.28. The highest BCUT2D eigenvalue weighted by atomic mass is 35.5. The summed E-state index contributed by atoms with van der Waals surface area (Å²) in [4.78, 5) is 23.8. The monoisotopic (exact) mass is 373 g/mol. The van der Waals surface area contributed by atoms with Crippen LogP contribution in [0.4, 0.5) is 0 Å². The Bertz CT molecular complexity index is 933. The standard InChI is InChI=1S/C19H16ClNO5/c1-24-15-5-2-12(3-6-15)10-21-18(22)11-25-19(23)17-9-13-8-14(20)4-7-16(13)26-17/h2-9H,10-11H2,1H3,(H,21,22). The fraction of sp³-hybridized carbons (Fsp3) is 0.158. The lowest BCUT2D eigenvalue weighted by atomic mass is 10.2. The number of amides is 1. The summed E-state index contributed by atoms with van der Waals surface area (Å²) in [5, 5.41) is 3.90. The molecule has 0 saturated carbocycles. The molecule has 1 heterocycles. The van der Waals surface area contributed by atoms with Crippen molar-refractivity contribution in [2.75, 3.05) is 13.7 Å². The van der Waals surface area contributed by atoms with Crippen LogP contribution in [0.2, 0.25) is 5.02 Å². The summed E-state index contributed by atoms with van der Waals surface area (Å²) in [6, 6.07) is 13.8. The van der Waals surface area contributed by atoms with E-state index in [-0.39, 0.29) is 5.76 Å². The molecule has 6 nitrogen and oxygen atoms in total. The van der Waals surface area contributed by atoms with Crippen LogP contribution < -0.4 is 10.1 Å². The molecule has 0 fully saturated rings. The van der Waals surface area contributed by atoms with E-state index in [1.807, 2.05) is 12.1 Å². The summed E-state index contributed by atoms with van der Waals surface area (Å²) in [7, 11) is 1.59. The van der Waals surface area contributed by atoms with Crippen molar-refractivity contribution >= 4 is 34.4 Å². The van der Waals surface area contributed by atoms with Crippen LogP contribution in [0.25, 0.3) is 11.0 Å². The maximum Gasteiger partial charge on any atom is 0.374 e. The number of halogens is 1. The molecular weight excluding hydrogens is 358 g/mol. The molecule has 0 aliphatic rings. The van der Waals surface area contributed by atoms with E-state index in [0.29, 0.717) is 22.5 Å². The number of ether oxygens (including phenoxy) is 2. The Hall–Kier alpha value is -2.99. The number of carbonyl (C=O) groups is 2. The highest BCUT2D eigenvalue weighted by Gasteiger charge is 2.15. The van der Waals surface area contributed by atoms with E-state index in [1.54, 1.807) is 37.4 Å². The Kier molecular flexibility index (Phi) is 5.43. The molecular formula is C19H16ClNO5. The van der Waals surface area contributed by atoms with Crippen molar-refractivity contribution < 1.29 is 23.5 Å². The molecule has 0 bridgehead atoms. The van der Waals surface area contributed by atoms with Crippen molar-refractivity contribution in [2.24, 2.45) is 0 Å². The highest BCUT2D eigenvalue weighted by Crippen LogP contribution is 2.23. The van der Waals surface area contributed by atoms with Gasteiger partial charge in [-0.25, -0.2) is 4.79 Å². The summed E-state index contributed by atoms with van der Waals surface area (Å²) in [5.74, 6) is -0.364. The van der Waals surface area contributed by atoms with Gasteiger partial charge in [-0.1, -0.05) is 23.7 Å². The number of furan rings is 1. The zero-order chi connectivity index (χ0) is 18.5. The van der Waals surface area contributed by atoms with Crippen molar-refractivity contribution in [1.82, 2.24) is 5.32 Å². The molecule has 0 spiro atoms. The largest absolute Gasteiger partial charge is 0.497 e. The smallest absolute Gasteiger partial charge is 0.374 e. The van der Waals surface area contributed by atoms with Crippen molar-refractivity contribution in [3.8, 4) is 5.75 Å². The Morgan fingerprint density at radius 2 is 1.88 bits per heavy atom. The van der Waals surface area contributed by atoms with Crippen LogP contribution in [0.1, 0.15) is 16.1 Å². The highest BCUT2D eigenvalue weighted by molar-refractivity contribution is 6.31. The van der Waals surface area contributed by atoms with Gasteiger partial charge < -0.3 is 19.2 Å². The van der Waals surface area contributed by atoms with E-state index >= 15 is 0 Å². The molecule has 1 aromatic heterocycles. The van der Waals surface area contributed by atoms with Crippen molar-refractivity contribution in [1.29, 1.82) is 0 Å². The quantitative estimate of drug-likeness (QED) is 0.668. The average molecular weight is 374 g/mol. The third-order valence-electron chi connectivity index (χ3n) is 3.66. The Labute approximate surface area is 154 Å². The topological polar surface area (TPSA) is 77.8 Å². The molecule has 26 heavy (non-hydrogen) atoms. The number of methoxy groups -OCH3 is 1. The number of hydrogen-bond donors (Lipinski definition) is 1. The lowest BCUT2D eigenvalue weighted by Gasteiger charge is -2.06. The molecule has 0 aliphatic heterocycles. The van der Waals surface area contributed by atoms with E-state index in [0.717, 1.165) is 11.3 Å². The molecule has 7 heteroatoms. The van der Waals surface area contributed by atoms with E-state index in [9.17, 15) is 9.59 Å². The van der Waals surface area contributed by atoms with Crippen LogP contribution in [0.5, 0.6) is 5.75 Å². The summed E-state index contributed by atoms with van der Waals surface area (Å²) >= 11 is 5.89. The molecule has 0 saturated heterocycles. The molecule has 0 radical (unpaired) electrons.